The largest absolute Gasteiger partial charge is 0.490 e. The minimum absolute atomic E-state index is 0.138. The van der Waals surface area contributed by atoms with Crippen molar-refractivity contribution in [3.05, 3.63) is 22.5 Å². The maximum Gasteiger partial charge on any atom is 0.271 e. The van der Waals surface area contributed by atoms with Gasteiger partial charge in [-0.3, -0.25) is 15.0 Å². The van der Waals surface area contributed by atoms with E-state index in [4.69, 9.17) is 9.47 Å². The van der Waals surface area contributed by atoms with E-state index in [-0.39, 0.29) is 5.56 Å². The van der Waals surface area contributed by atoms with Crippen LogP contribution in [0.15, 0.2) is 16.9 Å². The van der Waals surface area contributed by atoms with Crippen molar-refractivity contribution in [2.24, 2.45) is 0 Å². The zero-order valence-corrected chi connectivity index (χ0v) is 8.00. The van der Waals surface area contributed by atoms with Gasteiger partial charge in [0.2, 0.25) is 0 Å². The van der Waals surface area contributed by atoms with Crippen molar-refractivity contribution in [2.75, 3.05) is 13.2 Å². The highest BCUT2D eigenvalue weighted by molar-refractivity contribution is 5.81. The predicted molar refractivity (Wildman–Crippen MR) is 54.5 cm³/mol. The minimum atomic E-state index is -0.138. The van der Waals surface area contributed by atoms with Crippen molar-refractivity contribution >= 4 is 10.9 Å². The number of H-pyrrole nitrogens is 2. The number of ether oxygens (including phenoxy) is 2. The van der Waals surface area contributed by atoms with E-state index < -0.39 is 0 Å². The Kier molecular flexibility index (Phi) is 1.71. The van der Waals surface area contributed by atoms with E-state index in [1.165, 1.54) is 0 Å². The molecule has 0 atom stereocenters. The summed E-state index contributed by atoms with van der Waals surface area (Å²) in [6, 6.07) is 3.50. The molecular formula is C10H10N2O3. The Morgan fingerprint density at radius 3 is 2.60 bits per heavy atom. The van der Waals surface area contributed by atoms with Crippen LogP contribution in [-0.2, 0) is 0 Å². The van der Waals surface area contributed by atoms with Gasteiger partial charge in [0, 0.05) is 12.5 Å². The Hall–Kier alpha value is -1.91. The van der Waals surface area contributed by atoms with E-state index in [1.807, 2.05) is 0 Å². The van der Waals surface area contributed by atoms with E-state index in [9.17, 15) is 4.79 Å². The zero-order valence-electron chi connectivity index (χ0n) is 8.00. The van der Waals surface area contributed by atoms with E-state index in [1.54, 1.807) is 12.1 Å². The first kappa shape index (κ1) is 8.40. The molecule has 0 bridgehead atoms. The molecule has 1 aromatic heterocycles. The van der Waals surface area contributed by atoms with Gasteiger partial charge in [-0.05, 0) is 6.07 Å². The van der Waals surface area contributed by atoms with Crippen molar-refractivity contribution in [3.8, 4) is 11.5 Å². The Balaban J connectivity index is 2.26. The summed E-state index contributed by atoms with van der Waals surface area (Å²) in [5, 5.41) is 5.91. The normalized spacial score (nSPS) is 15.2. The molecule has 1 aromatic carbocycles. The van der Waals surface area contributed by atoms with Gasteiger partial charge in [-0.1, -0.05) is 0 Å². The van der Waals surface area contributed by atoms with Crippen LogP contribution >= 0.6 is 0 Å². The predicted octanol–water partition coefficient (Wildman–Crippen LogP) is 1.02. The molecule has 0 aliphatic carbocycles. The number of benzene rings is 1. The Morgan fingerprint density at radius 2 is 1.80 bits per heavy atom. The average Bonchev–Trinajstić information content (AvgIpc) is 2.49. The van der Waals surface area contributed by atoms with E-state index in [0.29, 0.717) is 30.1 Å². The summed E-state index contributed by atoms with van der Waals surface area (Å²) >= 11 is 0. The molecule has 15 heavy (non-hydrogen) atoms. The third kappa shape index (κ3) is 1.27. The van der Waals surface area contributed by atoms with Gasteiger partial charge in [0.05, 0.1) is 24.1 Å². The summed E-state index contributed by atoms with van der Waals surface area (Å²) < 4.78 is 11.0. The Bertz CT molecular complexity index is 555. The molecule has 3 rings (SSSR count). The van der Waals surface area contributed by atoms with E-state index in [0.717, 1.165) is 11.9 Å². The lowest BCUT2D eigenvalue weighted by Gasteiger charge is -2.05. The topological polar surface area (TPSA) is 67.1 Å². The Morgan fingerprint density at radius 1 is 1.07 bits per heavy atom. The summed E-state index contributed by atoms with van der Waals surface area (Å²) in [5.74, 6) is 1.33. The van der Waals surface area contributed by atoms with Gasteiger partial charge < -0.3 is 9.47 Å². The summed E-state index contributed by atoms with van der Waals surface area (Å²) in [6.07, 6.45) is 0.860. The number of rotatable bonds is 0. The molecular weight excluding hydrogens is 196 g/mol. The molecule has 0 saturated carbocycles. The van der Waals surface area contributed by atoms with Crippen molar-refractivity contribution in [1.29, 1.82) is 0 Å². The highest BCUT2D eigenvalue weighted by Crippen LogP contribution is 2.32. The van der Waals surface area contributed by atoms with Gasteiger partial charge in [0.1, 0.15) is 0 Å². The lowest BCUT2D eigenvalue weighted by Crippen LogP contribution is -1.98. The first-order valence-corrected chi connectivity index (χ1v) is 4.84. The molecule has 0 spiro atoms. The lowest BCUT2D eigenvalue weighted by molar-refractivity contribution is 0.297. The number of hydrogen-bond donors (Lipinski definition) is 2. The lowest BCUT2D eigenvalue weighted by atomic mass is 10.2. The van der Waals surface area contributed by atoms with Crippen molar-refractivity contribution in [2.45, 2.75) is 6.42 Å². The van der Waals surface area contributed by atoms with Crippen LogP contribution in [0, 0.1) is 0 Å². The monoisotopic (exact) mass is 206 g/mol. The molecule has 5 heteroatoms. The standard InChI is InChI=1S/C10H10N2O3/c13-10-6-4-8-9(5-7(6)11-12-10)15-3-1-2-14-8/h4-5H,1-3H2,(H2,11,12,13). The smallest absolute Gasteiger partial charge is 0.271 e. The molecule has 0 fully saturated rings. The zero-order chi connectivity index (χ0) is 10.3. The van der Waals surface area contributed by atoms with Gasteiger partial charge in [-0.25, -0.2) is 0 Å². The number of aromatic amines is 2. The molecule has 0 radical (unpaired) electrons. The van der Waals surface area contributed by atoms with Gasteiger partial charge in [0.15, 0.2) is 11.5 Å². The summed E-state index contributed by atoms with van der Waals surface area (Å²) in [6.45, 7) is 1.27. The fourth-order valence-electron chi connectivity index (χ4n) is 1.69. The van der Waals surface area contributed by atoms with Crippen molar-refractivity contribution in [1.82, 2.24) is 10.2 Å². The third-order valence-corrected chi connectivity index (χ3v) is 2.44. The number of hydrogen-bond acceptors (Lipinski definition) is 3. The molecule has 5 nitrogen and oxygen atoms in total. The van der Waals surface area contributed by atoms with Gasteiger partial charge >= 0.3 is 0 Å². The van der Waals surface area contributed by atoms with E-state index in [2.05, 4.69) is 10.2 Å². The van der Waals surface area contributed by atoms with Gasteiger partial charge in [-0.15, -0.1) is 0 Å². The maximum absolute atomic E-state index is 11.4. The van der Waals surface area contributed by atoms with E-state index >= 15 is 0 Å². The molecule has 1 aliphatic rings. The minimum Gasteiger partial charge on any atom is -0.490 e. The van der Waals surface area contributed by atoms with Crippen molar-refractivity contribution in [3.63, 3.8) is 0 Å². The molecule has 2 aromatic rings. The number of nitrogens with one attached hydrogen (secondary N) is 2. The highest BCUT2D eigenvalue weighted by atomic mass is 16.5. The molecule has 2 heterocycles. The fraction of sp³-hybridized carbons (Fsp3) is 0.300. The summed E-state index contributed by atoms with van der Waals surface area (Å²) in [7, 11) is 0. The SMILES string of the molecule is O=c1[nH][nH]c2cc3c(cc12)OCCCO3. The Labute approximate surface area is 85.0 Å². The number of aromatic nitrogens is 2. The average molecular weight is 206 g/mol. The number of fused-ring (bicyclic) bond motifs is 2. The molecule has 0 amide bonds. The quantitative estimate of drug-likeness (QED) is 0.676. The molecule has 0 saturated heterocycles. The third-order valence-electron chi connectivity index (χ3n) is 2.44. The van der Waals surface area contributed by atoms with Crippen LogP contribution in [0.4, 0.5) is 0 Å². The summed E-state index contributed by atoms with van der Waals surface area (Å²) in [4.78, 5) is 11.4. The molecule has 0 unspecified atom stereocenters. The second-order valence-corrected chi connectivity index (χ2v) is 3.47. The van der Waals surface area contributed by atoms with Crippen LogP contribution in [0.2, 0.25) is 0 Å². The van der Waals surface area contributed by atoms with Crippen molar-refractivity contribution < 1.29 is 9.47 Å². The second kappa shape index (κ2) is 3.05. The molecule has 2 N–H and O–H groups in total. The van der Waals surface area contributed by atoms with Crippen LogP contribution in [0.25, 0.3) is 10.9 Å². The summed E-state index contributed by atoms with van der Waals surface area (Å²) in [5.41, 5.74) is 0.602. The second-order valence-electron chi connectivity index (χ2n) is 3.47. The highest BCUT2D eigenvalue weighted by Gasteiger charge is 2.13. The van der Waals surface area contributed by atoms with Crippen LogP contribution in [0.1, 0.15) is 6.42 Å². The fourth-order valence-corrected chi connectivity index (χ4v) is 1.69. The van der Waals surface area contributed by atoms with Crippen LogP contribution in [0.3, 0.4) is 0 Å². The van der Waals surface area contributed by atoms with Gasteiger partial charge in [0.25, 0.3) is 5.56 Å². The first-order valence-electron chi connectivity index (χ1n) is 4.84. The van der Waals surface area contributed by atoms with Gasteiger partial charge in [-0.2, -0.15) is 0 Å². The van der Waals surface area contributed by atoms with Crippen LogP contribution in [-0.4, -0.2) is 23.4 Å². The maximum atomic E-state index is 11.4. The molecule has 1 aliphatic heterocycles. The first-order chi connectivity index (χ1) is 7.34. The van der Waals surface area contributed by atoms with Crippen LogP contribution in [0.5, 0.6) is 11.5 Å². The molecule has 78 valence electrons. The van der Waals surface area contributed by atoms with Crippen LogP contribution < -0.4 is 15.0 Å².